The van der Waals surface area contributed by atoms with Crippen molar-refractivity contribution in [2.45, 2.75) is 26.7 Å². The van der Waals surface area contributed by atoms with Gasteiger partial charge >= 0.3 is 0 Å². The third-order valence-electron chi connectivity index (χ3n) is 4.07. The van der Waals surface area contributed by atoms with Gasteiger partial charge in [-0.2, -0.15) is 0 Å². The molecule has 1 aliphatic heterocycles. The smallest absolute Gasteiger partial charge is 0.176 e. The molecular weight excluding hydrogens is 250 g/mol. The van der Waals surface area contributed by atoms with Crippen LogP contribution in [0, 0.1) is 19.8 Å². The average molecular weight is 275 g/mol. The molecule has 1 aromatic carbocycles. The molecule has 110 valence electrons. The number of benzene rings is 1. The van der Waals surface area contributed by atoms with E-state index < -0.39 is 0 Å². The lowest BCUT2D eigenvalue weighted by atomic mass is 10.0. The number of ketones is 1. The second-order valence-corrected chi connectivity index (χ2v) is 6.00. The molecule has 2 rings (SSSR count). The number of hydrogen-bond donors (Lipinski definition) is 0. The molecule has 1 heterocycles. The van der Waals surface area contributed by atoms with E-state index >= 15 is 0 Å². The average Bonchev–Trinajstić information content (AvgIpc) is 2.42. The van der Waals surface area contributed by atoms with E-state index in [0.717, 1.165) is 31.7 Å². The Kier molecular flexibility index (Phi) is 5.32. The number of hydrogen-bond acceptors (Lipinski definition) is 3. The van der Waals surface area contributed by atoms with Crippen molar-refractivity contribution in [2.24, 2.45) is 5.92 Å². The Bertz CT molecular complexity index is 464. The summed E-state index contributed by atoms with van der Waals surface area (Å²) in [6.45, 7) is 7.27. The molecule has 1 atom stereocenters. The topological polar surface area (TPSA) is 29.5 Å². The Labute approximate surface area is 121 Å². The Morgan fingerprint density at radius 3 is 2.80 bits per heavy atom. The van der Waals surface area contributed by atoms with Crippen LogP contribution in [0.5, 0.6) is 0 Å². The first-order valence-electron chi connectivity index (χ1n) is 7.43. The van der Waals surface area contributed by atoms with Gasteiger partial charge in [0, 0.05) is 18.7 Å². The van der Waals surface area contributed by atoms with Crippen LogP contribution in [0.1, 0.15) is 34.3 Å². The molecule has 20 heavy (non-hydrogen) atoms. The van der Waals surface area contributed by atoms with Gasteiger partial charge in [-0.1, -0.05) is 12.1 Å². The van der Waals surface area contributed by atoms with Crippen LogP contribution in [0.2, 0.25) is 0 Å². The van der Waals surface area contributed by atoms with E-state index in [1.165, 1.54) is 17.5 Å². The summed E-state index contributed by atoms with van der Waals surface area (Å²) in [4.78, 5) is 14.4. The minimum absolute atomic E-state index is 0.201. The van der Waals surface area contributed by atoms with E-state index in [-0.39, 0.29) is 5.78 Å². The molecule has 0 radical (unpaired) electrons. The highest BCUT2D eigenvalue weighted by atomic mass is 16.5. The molecule has 1 saturated heterocycles. The van der Waals surface area contributed by atoms with Crippen molar-refractivity contribution in [3.05, 3.63) is 34.9 Å². The van der Waals surface area contributed by atoms with Gasteiger partial charge in [0.05, 0.1) is 13.2 Å². The summed E-state index contributed by atoms with van der Waals surface area (Å²) in [7, 11) is 2.02. The van der Waals surface area contributed by atoms with Gasteiger partial charge in [-0.3, -0.25) is 9.69 Å². The van der Waals surface area contributed by atoms with E-state index in [1.807, 2.05) is 25.2 Å². The van der Waals surface area contributed by atoms with Gasteiger partial charge in [0.1, 0.15) is 0 Å². The minimum Gasteiger partial charge on any atom is -0.381 e. The standard InChI is InChI=1S/C17H25NO2/c1-13-6-7-16(9-14(13)2)17(19)11-18(3)10-15-5-4-8-20-12-15/h6-7,9,15H,4-5,8,10-12H2,1-3H3. The molecule has 3 heteroatoms. The first kappa shape index (κ1) is 15.2. The molecule has 1 unspecified atom stereocenters. The second kappa shape index (κ2) is 7.00. The Morgan fingerprint density at radius 1 is 1.35 bits per heavy atom. The molecule has 1 fully saturated rings. The molecule has 1 aromatic rings. The molecule has 0 aromatic heterocycles. The molecule has 0 aliphatic carbocycles. The van der Waals surface area contributed by atoms with Crippen LogP contribution in [-0.4, -0.2) is 44.0 Å². The van der Waals surface area contributed by atoms with Crippen molar-refractivity contribution in [2.75, 3.05) is 33.4 Å². The van der Waals surface area contributed by atoms with Gasteiger partial charge in [0.25, 0.3) is 0 Å². The molecule has 3 nitrogen and oxygen atoms in total. The van der Waals surface area contributed by atoms with Crippen LogP contribution < -0.4 is 0 Å². The number of Topliss-reactive ketones (excluding diaryl/α,β-unsaturated/α-hetero) is 1. The molecule has 1 aliphatic rings. The first-order valence-corrected chi connectivity index (χ1v) is 7.43. The van der Waals surface area contributed by atoms with Gasteiger partial charge in [-0.25, -0.2) is 0 Å². The summed E-state index contributed by atoms with van der Waals surface area (Å²) in [6.07, 6.45) is 2.35. The van der Waals surface area contributed by atoms with Crippen LogP contribution in [0.15, 0.2) is 18.2 Å². The third-order valence-corrected chi connectivity index (χ3v) is 4.07. The lowest BCUT2D eigenvalue weighted by Crippen LogP contribution is -2.34. The minimum atomic E-state index is 0.201. The fourth-order valence-electron chi connectivity index (χ4n) is 2.71. The van der Waals surface area contributed by atoms with Gasteiger partial charge in [0.2, 0.25) is 0 Å². The number of nitrogens with zero attached hydrogens (tertiary/aromatic N) is 1. The van der Waals surface area contributed by atoms with Crippen LogP contribution in [-0.2, 0) is 4.74 Å². The monoisotopic (exact) mass is 275 g/mol. The zero-order chi connectivity index (χ0) is 14.5. The van der Waals surface area contributed by atoms with Gasteiger partial charge in [-0.05, 0) is 56.8 Å². The lowest BCUT2D eigenvalue weighted by Gasteiger charge is -2.26. The molecule has 0 amide bonds. The zero-order valence-electron chi connectivity index (χ0n) is 12.8. The van der Waals surface area contributed by atoms with Crippen molar-refractivity contribution in [1.82, 2.24) is 4.90 Å². The van der Waals surface area contributed by atoms with E-state index in [9.17, 15) is 4.79 Å². The van der Waals surface area contributed by atoms with Crippen LogP contribution in [0.4, 0.5) is 0 Å². The Hall–Kier alpha value is -1.19. The number of carbonyl (C=O) groups is 1. The number of rotatable bonds is 5. The Morgan fingerprint density at radius 2 is 2.15 bits per heavy atom. The highest BCUT2D eigenvalue weighted by Crippen LogP contribution is 2.15. The summed E-state index contributed by atoms with van der Waals surface area (Å²) in [5.41, 5.74) is 3.23. The van der Waals surface area contributed by atoms with E-state index in [0.29, 0.717) is 12.5 Å². The molecule has 0 spiro atoms. The van der Waals surface area contributed by atoms with E-state index in [2.05, 4.69) is 18.7 Å². The zero-order valence-corrected chi connectivity index (χ0v) is 12.8. The molecular formula is C17H25NO2. The van der Waals surface area contributed by atoms with Crippen LogP contribution in [0.3, 0.4) is 0 Å². The SMILES string of the molecule is Cc1ccc(C(=O)CN(C)CC2CCCOC2)cc1C. The van der Waals surface area contributed by atoms with Gasteiger partial charge in [0.15, 0.2) is 5.78 Å². The number of likely N-dealkylation sites (N-methyl/N-ethyl adjacent to an activating group) is 1. The number of carbonyl (C=O) groups excluding carboxylic acids is 1. The van der Waals surface area contributed by atoms with Crippen LogP contribution >= 0.6 is 0 Å². The van der Waals surface area contributed by atoms with E-state index in [4.69, 9.17) is 4.74 Å². The van der Waals surface area contributed by atoms with Gasteiger partial charge in [-0.15, -0.1) is 0 Å². The predicted molar refractivity (Wildman–Crippen MR) is 81.3 cm³/mol. The molecule has 0 N–H and O–H groups in total. The fraction of sp³-hybridized carbons (Fsp3) is 0.588. The maximum atomic E-state index is 12.3. The fourth-order valence-corrected chi connectivity index (χ4v) is 2.71. The Balaban J connectivity index is 1.87. The van der Waals surface area contributed by atoms with Crippen molar-refractivity contribution in [1.29, 1.82) is 0 Å². The summed E-state index contributed by atoms with van der Waals surface area (Å²) in [6, 6.07) is 5.95. The molecule has 0 bridgehead atoms. The normalized spacial score (nSPS) is 19.3. The van der Waals surface area contributed by atoms with Crippen molar-refractivity contribution >= 4 is 5.78 Å². The largest absolute Gasteiger partial charge is 0.381 e. The predicted octanol–water partition coefficient (Wildman–Crippen LogP) is 2.84. The number of ether oxygens (including phenoxy) is 1. The second-order valence-electron chi connectivity index (χ2n) is 6.00. The highest BCUT2D eigenvalue weighted by Gasteiger charge is 2.17. The van der Waals surface area contributed by atoms with Crippen molar-refractivity contribution in [3.8, 4) is 0 Å². The van der Waals surface area contributed by atoms with Crippen molar-refractivity contribution < 1.29 is 9.53 Å². The highest BCUT2D eigenvalue weighted by molar-refractivity contribution is 5.97. The third kappa shape index (κ3) is 4.15. The summed E-state index contributed by atoms with van der Waals surface area (Å²) >= 11 is 0. The molecule has 0 saturated carbocycles. The van der Waals surface area contributed by atoms with Gasteiger partial charge < -0.3 is 4.74 Å². The first-order chi connectivity index (χ1) is 9.56. The van der Waals surface area contributed by atoms with Crippen LogP contribution in [0.25, 0.3) is 0 Å². The van der Waals surface area contributed by atoms with E-state index in [1.54, 1.807) is 0 Å². The maximum Gasteiger partial charge on any atom is 0.176 e. The summed E-state index contributed by atoms with van der Waals surface area (Å²) in [5, 5.41) is 0. The summed E-state index contributed by atoms with van der Waals surface area (Å²) < 4.78 is 5.49. The summed E-state index contributed by atoms with van der Waals surface area (Å²) in [5.74, 6) is 0.772. The lowest BCUT2D eigenvalue weighted by molar-refractivity contribution is 0.0416. The number of aryl methyl sites for hydroxylation is 2. The maximum absolute atomic E-state index is 12.3. The van der Waals surface area contributed by atoms with Crippen molar-refractivity contribution in [3.63, 3.8) is 0 Å². The quantitative estimate of drug-likeness (QED) is 0.774.